The molecule has 1 aliphatic heterocycles. The number of anilines is 1. The van der Waals surface area contributed by atoms with Crippen molar-refractivity contribution in [2.75, 3.05) is 18.4 Å². The molecule has 1 fully saturated rings. The summed E-state index contributed by atoms with van der Waals surface area (Å²) in [5, 5.41) is 13.8. The molecule has 0 aliphatic carbocycles. The third kappa shape index (κ3) is 4.02. The van der Waals surface area contributed by atoms with Gasteiger partial charge in [0.25, 0.3) is 5.91 Å². The first-order chi connectivity index (χ1) is 13.9. The number of carbonyl (C=O) groups excluding carboxylic acids is 1. The lowest BCUT2D eigenvalue weighted by Gasteiger charge is -2.38. The maximum atomic E-state index is 13.4. The smallest absolute Gasteiger partial charge is 0.303 e. The van der Waals surface area contributed by atoms with Crippen molar-refractivity contribution < 1.29 is 19.1 Å². The molecule has 1 saturated heterocycles. The fourth-order valence-electron chi connectivity index (χ4n) is 3.28. The third-order valence-corrected chi connectivity index (χ3v) is 5.70. The van der Waals surface area contributed by atoms with Crippen molar-refractivity contribution in [2.24, 2.45) is 5.92 Å². The van der Waals surface area contributed by atoms with E-state index in [1.165, 1.54) is 17.4 Å². The largest absolute Gasteiger partial charge is 0.481 e. The molecule has 0 radical (unpaired) electrons. The summed E-state index contributed by atoms with van der Waals surface area (Å²) >= 11 is 1.38. The van der Waals surface area contributed by atoms with Gasteiger partial charge in [0.2, 0.25) is 5.95 Å². The maximum Gasteiger partial charge on any atom is 0.303 e. The lowest BCUT2D eigenvalue weighted by molar-refractivity contribution is -0.139. The predicted octanol–water partition coefficient (Wildman–Crippen LogP) is 2.95. The second kappa shape index (κ2) is 7.70. The van der Waals surface area contributed by atoms with Crippen molar-refractivity contribution in [3.05, 3.63) is 47.0 Å². The molecule has 1 aliphatic rings. The molecule has 0 unspecified atom stereocenters. The van der Waals surface area contributed by atoms with E-state index in [0.717, 1.165) is 6.20 Å². The molecule has 0 spiro atoms. The van der Waals surface area contributed by atoms with Crippen molar-refractivity contribution in [1.29, 1.82) is 0 Å². The Morgan fingerprint density at radius 3 is 2.90 bits per heavy atom. The van der Waals surface area contributed by atoms with Crippen LogP contribution in [0.3, 0.4) is 0 Å². The molecule has 0 bridgehead atoms. The van der Waals surface area contributed by atoms with Crippen molar-refractivity contribution in [1.82, 2.24) is 19.9 Å². The Hall–Kier alpha value is -3.14. The molecule has 0 saturated carbocycles. The quantitative estimate of drug-likeness (QED) is 0.637. The summed E-state index contributed by atoms with van der Waals surface area (Å²) < 4.78 is 14.1. The van der Waals surface area contributed by atoms with Crippen LogP contribution < -0.4 is 5.32 Å². The zero-order valence-electron chi connectivity index (χ0n) is 15.5. The van der Waals surface area contributed by atoms with Gasteiger partial charge in [-0.05, 0) is 30.0 Å². The second-order valence-electron chi connectivity index (χ2n) is 7.01. The number of hydrogen-bond donors (Lipinski definition) is 2. The van der Waals surface area contributed by atoms with Gasteiger partial charge in [-0.2, -0.15) is 0 Å². The summed E-state index contributed by atoms with van der Waals surface area (Å²) in [6.45, 7) is 2.62. The SMILES string of the molecule is C[C@H](Nc1nc(C(=O)N2CC(CC(=O)O)C2)c2sccc2n1)c1cncc(F)c1. The van der Waals surface area contributed by atoms with Crippen molar-refractivity contribution in [2.45, 2.75) is 19.4 Å². The van der Waals surface area contributed by atoms with Crippen LogP contribution in [-0.2, 0) is 4.79 Å². The van der Waals surface area contributed by atoms with E-state index in [9.17, 15) is 14.0 Å². The Labute approximate surface area is 169 Å². The Bertz CT molecular complexity index is 1080. The molecule has 29 heavy (non-hydrogen) atoms. The molecule has 2 N–H and O–H groups in total. The van der Waals surface area contributed by atoms with Crippen LogP contribution in [0.2, 0.25) is 0 Å². The zero-order valence-corrected chi connectivity index (χ0v) is 16.3. The van der Waals surface area contributed by atoms with E-state index in [-0.39, 0.29) is 35.9 Å². The fourth-order valence-corrected chi connectivity index (χ4v) is 4.09. The second-order valence-corrected chi connectivity index (χ2v) is 7.92. The molecule has 8 nitrogen and oxygen atoms in total. The maximum absolute atomic E-state index is 13.4. The minimum absolute atomic E-state index is 0.0322. The predicted molar refractivity (Wildman–Crippen MR) is 105 cm³/mol. The van der Waals surface area contributed by atoms with Gasteiger partial charge in [-0.1, -0.05) is 0 Å². The van der Waals surface area contributed by atoms with Crippen LogP contribution in [0.5, 0.6) is 0 Å². The number of likely N-dealkylation sites (tertiary alicyclic amines) is 1. The van der Waals surface area contributed by atoms with Crippen molar-refractivity contribution in [3.63, 3.8) is 0 Å². The molecule has 150 valence electrons. The minimum atomic E-state index is -0.864. The van der Waals surface area contributed by atoms with E-state index in [0.29, 0.717) is 28.9 Å². The van der Waals surface area contributed by atoms with Gasteiger partial charge < -0.3 is 15.3 Å². The zero-order chi connectivity index (χ0) is 20.5. The number of aromatic nitrogens is 3. The number of aliphatic carboxylic acids is 1. The molecule has 4 heterocycles. The van der Waals surface area contributed by atoms with E-state index < -0.39 is 11.8 Å². The average molecular weight is 415 g/mol. The summed E-state index contributed by atoms with van der Waals surface area (Å²) in [6.07, 6.45) is 2.73. The highest BCUT2D eigenvalue weighted by atomic mass is 32.1. The number of carbonyl (C=O) groups is 2. The monoisotopic (exact) mass is 415 g/mol. The highest BCUT2D eigenvalue weighted by Gasteiger charge is 2.34. The van der Waals surface area contributed by atoms with Gasteiger partial charge in [-0.3, -0.25) is 14.6 Å². The van der Waals surface area contributed by atoms with Crippen LogP contribution in [0, 0.1) is 11.7 Å². The number of carboxylic acid groups (broad SMARTS) is 1. The first-order valence-corrected chi connectivity index (χ1v) is 9.92. The molecule has 0 aromatic carbocycles. The summed E-state index contributed by atoms with van der Waals surface area (Å²) in [7, 11) is 0. The Morgan fingerprint density at radius 2 is 2.17 bits per heavy atom. The van der Waals surface area contributed by atoms with Crippen LogP contribution in [0.1, 0.15) is 35.4 Å². The van der Waals surface area contributed by atoms with E-state index in [4.69, 9.17) is 5.11 Å². The lowest BCUT2D eigenvalue weighted by atomic mass is 9.96. The van der Waals surface area contributed by atoms with Gasteiger partial charge in [0.15, 0.2) is 5.69 Å². The summed E-state index contributed by atoms with van der Waals surface area (Å²) in [4.78, 5) is 38.1. The standard InChI is InChI=1S/C19H18FN5O3S/c1-10(12-5-13(20)7-21-6-12)22-19-23-14-2-3-29-17(14)16(24-19)18(28)25-8-11(9-25)4-15(26)27/h2-3,5-7,10-11H,4,8-9H2,1H3,(H,26,27)(H,22,23,24)/t10-/m0/s1. The molecule has 3 aromatic rings. The molecule has 10 heteroatoms. The van der Waals surface area contributed by atoms with Gasteiger partial charge in [0.1, 0.15) is 5.82 Å². The number of nitrogens with one attached hydrogen (secondary N) is 1. The molecule has 1 atom stereocenters. The van der Waals surface area contributed by atoms with E-state index in [1.54, 1.807) is 17.2 Å². The van der Waals surface area contributed by atoms with Crippen LogP contribution in [-0.4, -0.2) is 49.9 Å². The number of halogens is 1. The van der Waals surface area contributed by atoms with Crippen LogP contribution in [0.25, 0.3) is 10.2 Å². The van der Waals surface area contributed by atoms with Gasteiger partial charge in [-0.15, -0.1) is 11.3 Å². The van der Waals surface area contributed by atoms with Crippen LogP contribution >= 0.6 is 11.3 Å². The summed E-state index contributed by atoms with van der Waals surface area (Å²) in [5.74, 6) is -1.31. The van der Waals surface area contributed by atoms with E-state index in [1.807, 2.05) is 12.3 Å². The van der Waals surface area contributed by atoms with Crippen LogP contribution in [0.15, 0.2) is 29.9 Å². The van der Waals surface area contributed by atoms with Crippen molar-refractivity contribution >= 4 is 39.4 Å². The molecular formula is C19H18FN5O3S. The number of hydrogen-bond acceptors (Lipinski definition) is 7. The Balaban J connectivity index is 1.56. The summed E-state index contributed by atoms with van der Waals surface area (Å²) in [5.41, 5.74) is 1.56. The van der Waals surface area contributed by atoms with Gasteiger partial charge in [0.05, 0.1) is 28.9 Å². The number of nitrogens with zero attached hydrogens (tertiary/aromatic N) is 4. The normalized spacial score (nSPS) is 15.2. The van der Waals surface area contributed by atoms with Gasteiger partial charge in [0, 0.05) is 25.2 Å². The highest BCUT2D eigenvalue weighted by molar-refractivity contribution is 7.17. The first kappa shape index (κ1) is 19.2. The summed E-state index contributed by atoms with van der Waals surface area (Å²) in [6, 6.07) is 2.87. The Morgan fingerprint density at radius 1 is 1.38 bits per heavy atom. The number of pyridine rings is 1. The number of carboxylic acids is 1. The molecule has 1 amide bonds. The number of rotatable bonds is 6. The molecule has 4 rings (SSSR count). The first-order valence-electron chi connectivity index (χ1n) is 9.04. The Kier molecular flexibility index (Phi) is 5.10. The van der Waals surface area contributed by atoms with Crippen molar-refractivity contribution in [3.8, 4) is 0 Å². The van der Waals surface area contributed by atoms with E-state index in [2.05, 4.69) is 20.3 Å². The topological polar surface area (TPSA) is 108 Å². The van der Waals surface area contributed by atoms with Gasteiger partial charge >= 0.3 is 5.97 Å². The van der Waals surface area contributed by atoms with E-state index >= 15 is 0 Å². The fraction of sp³-hybridized carbons (Fsp3) is 0.316. The van der Waals surface area contributed by atoms with Gasteiger partial charge in [-0.25, -0.2) is 14.4 Å². The molecule has 3 aromatic heterocycles. The number of fused-ring (bicyclic) bond motifs is 1. The average Bonchev–Trinajstić information content (AvgIpc) is 3.11. The molecular weight excluding hydrogens is 397 g/mol. The number of thiophene rings is 1. The minimum Gasteiger partial charge on any atom is -0.481 e. The van der Waals surface area contributed by atoms with Crippen LogP contribution in [0.4, 0.5) is 10.3 Å². The third-order valence-electron chi connectivity index (χ3n) is 4.79. The lowest BCUT2D eigenvalue weighted by Crippen LogP contribution is -2.50. The highest BCUT2D eigenvalue weighted by Crippen LogP contribution is 2.28. The number of amides is 1.